The first kappa shape index (κ1) is 16.7. The van der Waals surface area contributed by atoms with Crippen molar-refractivity contribution in [3.05, 3.63) is 50.8 Å². The van der Waals surface area contributed by atoms with Gasteiger partial charge in [0.1, 0.15) is 0 Å². The number of amides is 1. The normalized spacial score (nSPS) is 10.8. The zero-order valence-electron chi connectivity index (χ0n) is 13.5. The summed E-state index contributed by atoms with van der Waals surface area (Å²) in [5.41, 5.74) is 5.18. The van der Waals surface area contributed by atoms with Crippen molar-refractivity contribution >= 4 is 21.8 Å². The molecule has 4 nitrogen and oxygen atoms in total. The summed E-state index contributed by atoms with van der Waals surface area (Å²) >= 11 is 3.52. The van der Waals surface area contributed by atoms with Crippen molar-refractivity contribution in [3.8, 4) is 0 Å². The van der Waals surface area contributed by atoms with Crippen molar-refractivity contribution < 1.29 is 4.79 Å². The maximum atomic E-state index is 12.1. The third kappa shape index (κ3) is 3.77. The summed E-state index contributed by atoms with van der Waals surface area (Å²) in [7, 11) is 0. The lowest BCUT2D eigenvalue weighted by molar-refractivity contribution is 0.0952. The zero-order chi connectivity index (χ0) is 16.3. The fourth-order valence-electron chi connectivity index (χ4n) is 2.31. The molecule has 0 saturated heterocycles. The predicted molar refractivity (Wildman–Crippen MR) is 92.3 cm³/mol. The maximum absolute atomic E-state index is 12.1. The van der Waals surface area contributed by atoms with E-state index in [0.29, 0.717) is 6.54 Å². The maximum Gasteiger partial charge on any atom is 0.251 e. The van der Waals surface area contributed by atoms with Gasteiger partial charge in [0, 0.05) is 24.3 Å². The number of benzene rings is 1. The third-order valence-electron chi connectivity index (χ3n) is 3.89. The first-order chi connectivity index (χ1) is 10.4. The van der Waals surface area contributed by atoms with Crippen LogP contribution in [-0.2, 0) is 6.54 Å². The smallest absolute Gasteiger partial charge is 0.251 e. The second-order valence-corrected chi connectivity index (χ2v) is 6.41. The monoisotopic (exact) mass is 363 g/mol. The molecule has 0 atom stereocenters. The van der Waals surface area contributed by atoms with Gasteiger partial charge in [0.25, 0.3) is 5.91 Å². The summed E-state index contributed by atoms with van der Waals surface area (Å²) in [6.45, 7) is 9.52. The Balaban J connectivity index is 1.84. The Morgan fingerprint density at radius 1 is 1.23 bits per heavy atom. The number of aryl methyl sites for hydroxylation is 4. The van der Waals surface area contributed by atoms with Crippen molar-refractivity contribution in [2.45, 2.75) is 40.7 Å². The van der Waals surface area contributed by atoms with Gasteiger partial charge >= 0.3 is 0 Å². The number of aromatic nitrogens is 2. The number of nitrogens with zero attached hydrogens (tertiary/aromatic N) is 2. The number of halogens is 1. The number of nitrogens with one attached hydrogen (secondary N) is 1. The molecule has 0 spiro atoms. The molecule has 2 rings (SSSR count). The van der Waals surface area contributed by atoms with Crippen LogP contribution >= 0.6 is 15.9 Å². The van der Waals surface area contributed by atoms with Crippen LogP contribution in [-0.4, -0.2) is 22.2 Å². The summed E-state index contributed by atoms with van der Waals surface area (Å²) in [4.78, 5) is 12.1. The molecule has 5 heteroatoms. The van der Waals surface area contributed by atoms with Crippen molar-refractivity contribution in [1.29, 1.82) is 0 Å². The Morgan fingerprint density at radius 2 is 1.95 bits per heavy atom. The Labute approximate surface area is 140 Å². The second-order valence-electron chi connectivity index (χ2n) is 5.62. The number of hydrogen-bond donors (Lipinski definition) is 1. The van der Waals surface area contributed by atoms with Crippen LogP contribution in [0.25, 0.3) is 0 Å². The van der Waals surface area contributed by atoms with E-state index in [0.717, 1.165) is 40.0 Å². The molecule has 0 saturated carbocycles. The van der Waals surface area contributed by atoms with Crippen LogP contribution in [0.2, 0.25) is 0 Å². The first-order valence-electron chi connectivity index (χ1n) is 7.45. The summed E-state index contributed by atoms with van der Waals surface area (Å²) in [6, 6.07) is 5.79. The SMILES string of the molecule is Cc1ccc(C(=O)NCCCn2nc(C)c(Br)c2C)cc1C. The van der Waals surface area contributed by atoms with Gasteiger partial charge in [0.2, 0.25) is 0 Å². The van der Waals surface area contributed by atoms with Crippen LogP contribution in [0.15, 0.2) is 22.7 Å². The lowest BCUT2D eigenvalue weighted by Gasteiger charge is -2.08. The van der Waals surface area contributed by atoms with Gasteiger partial charge in [-0.2, -0.15) is 5.10 Å². The summed E-state index contributed by atoms with van der Waals surface area (Å²) in [6.07, 6.45) is 0.852. The minimum atomic E-state index is -0.0161. The third-order valence-corrected chi connectivity index (χ3v) is 5.04. The van der Waals surface area contributed by atoms with E-state index < -0.39 is 0 Å². The molecule has 0 aliphatic heterocycles. The summed E-state index contributed by atoms with van der Waals surface area (Å²) in [5, 5.41) is 7.43. The fraction of sp³-hybridized carbons (Fsp3) is 0.412. The van der Waals surface area contributed by atoms with Gasteiger partial charge in [-0.05, 0) is 73.3 Å². The molecule has 1 heterocycles. The van der Waals surface area contributed by atoms with Gasteiger partial charge in [-0.25, -0.2) is 0 Å². The number of carbonyl (C=O) groups is 1. The predicted octanol–water partition coefficient (Wildman–Crippen LogP) is 3.70. The van der Waals surface area contributed by atoms with E-state index >= 15 is 0 Å². The number of carbonyl (C=O) groups excluding carboxylic acids is 1. The highest BCUT2D eigenvalue weighted by atomic mass is 79.9. The van der Waals surface area contributed by atoms with E-state index in [2.05, 4.69) is 26.3 Å². The van der Waals surface area contributed by atoms with E-state index in [-0.39, 0.29) is 5.91 Å². The van der Waals surface area contributed by atoms with Crippen molar-refractivity contribution in [3.63, 3.8) is 0 Å². The number of hydrogen-bond acceptors (Lipinski definition) is 2. The highest BCUT2D eigenvalue weighted by Crippen LogP contribution is 2.19. The Bertz CT molecular complexity index is 691. The molecular weight excluding hydrogens is 342 g/mol. The van der Waals surface area contributed by atoms with E-state index in [4.69, 9.17) is 0 Å². The van der Waals surface area contributed by atoms with Crippen LogP contribution in [0.3, 0.4) is 0 Å². The zero-order valence-corrected chi connectivity index (χ0v) is 15.1. The molecule has 0 aliphatic carbocycles. The molecule has 0 bridgehead atoms. The molecule has 1 N–H and O–H groups in total. The summed E-state index contributed by atoms with van der Waals surface area (Å²) in [5.74, 6) is -0.0161. The lowest BCUT2D eigenvalue weighted by atomic mass is 10.1. The van der Waals surface area contributed by atoms with E-state index in [1.807, 2.05) is 50.6 Å². The van der Waals surface area contributed by atoms with Crippen molar-refractivity contribution in [2.75, 3.05) is 6.54 Å². The minimum absolute atomic E-state index is 0.0161. The molecule has 1 aromatic carbocycles. The average Bonchev–Trinajstić information content (AvgIpc) is 2.73. The molecule has 0 fully saturated rings. The highest BCUT2D eigenvalue weighted by molar-refractivity contribution is 9.10. The van der Waals surface area contributed by atoms with Crippen molar-refractivity contribution in [1.82, 2.24) is 15.1 Å². The standard InChI is InChI=1S/C17H22BrN3O/c1-11-6-7-15(10-12(11)2)17(22)19-8-5-9-21-14(4)16(18)13(3)20-21/h6-7,10H,5,8-9H2,1-4H3,(H,19,22). The van der Waals surface area contributed by atoms with Crippen LogP contribution in [0.1, 0.15) is 39.3 Å². The van der Waals surface area contributed by atoms with Gasteiger partial charge < -0.3 is 5.32 Å². The molecular formula is C17H22BrN3O. The van der Waals surface area contributed by atoms with Gasteiger partial charge in [0.15, 0.2) is 0 Å². The van der Waals surface area contributed by atoms with E-state index in [1.165, 1.54) is 5.56 Å². The molecule has 2 aromatic rings. The molecule has 118 valence electrons. The number of rotatable bonds is 5. The molecule has 1 amide bonds. The first-order valence-corrected chi connectivity index (χ1v) is 8.24. The van der Waals surface area contributed by atoms with Gasteiger partial charge in [-0.1, -0.05) is 6.07 Å². The average molecular weight is 364 g/mol. The Hall–Kier alpha value is -1.62. The van der Waals surface area contributed by atoms with E-state index in [1.54, 1.807) is 0 Å². The molecule has 0 radical (unpaired) electrons. The second kappa shape index (κ2) is 7.09. The summed E-state index contributed by atoms with van der Waals surface area (Å²) < 4.78 is 3.04. The molecule has 1 aromatic heterocycles. The topological polar surface area (TPSA) is 46.9 Å². The van der Waals surface area contributed by atoms with Crippen molar-refractivity contribution in [2.24, 2.45) is 0 Å². The highest BCUT2D eigenvalue weighted by Gasteiger charge is 2.09. The minimum Gasteiger partial charge on any atom is -0.352 e. The van der Waals surface area contributed by atoms with Gasteiger partial charge in [-0.15, -0.1) is 0 Å². The quantitative estimate of drug-likeness (QED) is 0.823. The molecule has 22 heavy (non-hydrogen) atoms. The van der Waals surface area contributed by atoms with Gasteiger partial charge in [-0.3, -0.25) is 9.48 Å². The molecule has 0 aliphatic rings. The van der Waals surface area contributed by atoms with Crippen LogP contribution in [0.4, 0.5) is 0 Å². The van der Waals surface area contributed by atoms with Crippen LogP contribution in [0.5, 0.6) is 0 Å². The largest absolute Gasteiger partial charge is 0.352 e. The Kier molecular flexibility index (Phi) is 5.40. The molecule has 0 unspecified atom stereocenters. The fourth-order valence-corrected chi connectivity index (χ4v) is 2.59. The van der Waals surface area contributed by atoms with Gasteiger partial charge in [0.05, 0.1) is 10.2 Å². The van der Waals surface area contributed by atoms with Crippen LogP contribution < -0.4 is 5.32 Å². The van der Waals surface area contributed by atoms with E-state index in [9.17, 15) is 4.79 Å². The lowest BCUT2D eigenvalue weighted by Crippen LogP contribution is -2.25. The van der Waals surface area contributed by atoms with Crippen LogP contribution in [0, 0.1) is 27.7 Å². The Morgan fingerprint density at radius 3 is 2.55 bits per heavy atom.